The Morgan fingerprint density at radius 2 is 2.08 bits per heavy atom. The average Bonchev–Trinajstić information content (AvgIpc) is 3.08. The molecule has 1 unspecified atom stereocenters. The predicted molar refractivity (Wildman–Crippen MR) is 107 cm³/mol. The van der Waals surface area contributed by atoms with Gasteiger partial charge in [0, 0.05) is 27.2 Å². The van der Waals surface area contributed by atoms with Crippen molar-refractivity contribution in [2.24, 2.45) is 18.0 Å². The van der Waals surface area contributed by atoms with E-state index < -0.39 is 5.60 Å². The first-order chi connectivity index (χ1) is 11.2. The zero-order valence-corrected chi connectivity index (χ0v) is 18.2. The van der Waals surface area contributed by atoms with Gasteiger partial charge in [0.1, 0.15) is 11.4 Å². The second-order valence-corrected chi connectivity index (χ2v) is 7.09. The number of halogens is 1. The van der Waals surface area contributed by atoms with Crippen LogP contribution in [0.25, 0.3) is 0 Å². The number of aliphatic imine (C=N–C) groups is 1. The predicted octanol–water partition coefficient (Wildman–Crippen LogP) is 1.48. The maximum absolute atomic E-state index is 12.2. The first kappa shape index (κ1) is 21.7. The molecule has 0 spiro atoms. The summed E-state index contributed by atoms with van der Waals surface area (Å²) in [6.07, 6.45) is 0.776. The van der Waals surface area contributed by atoms with E-state index in [9.17, 15) is 4.79 Å². The molecule has 0 aromatic carbocycles. The van der Waals surface area contributed by atoms with Gasteiger partial charge in [-0.2, -0.15) is 0 Å². The molecule has 0 bridgehead atoms. The molecule has 1 aliphatic rings. The fourth-order valence-electron chi connectivity index (χ4n) is 2.63. The van der Waals surface area contributed by atoms with E-state index in [1.807, 2.05) is 39.3 Å². The van der Waals surface area contributed by atoms with Crippen molar-refractivity contribution >= 4 is 35.9 Å². The zero-order chi connectivity index (χ0) is 17.9. The molecule has 9 heteroatoms. The van der Waals surface area contributed by atoms with Crippen LogP contribution in [0.4, 0.5) is 0 Å². The summed E-state index contributed by atoms with van der Waals surface area (Å²) < 4.78 is 7.42. The molecule has 1 aromatic heterocycles. The van der Waals surface area contributed by atoms with Crippen LogP contribution < -0.4 is 5.32 Å². The number of guanidine groups is 1. The Morgan fingerprint density at radius 1 is 1.40 bits per heavy atom. The first-order valence-corrected chi connectivity index (χ1v) is 8.24. The van der Waals surface area contributed by atoms with Gasteiger partial charge in [0.25, 0.3) is 0 Å². The van der Waals surface area contributed by atoms with Gasteiger partial charge < -0.3 is 19.5 Å². The van der Waals surface area contributed by atoms with Crippen LogP contribution in [-0.4, -0.2) is 57.3 Å². The number of esters is 1. The summed E-state index contributed by atoms with van der Waals surface area (Å²) in [6, 6.07) is 0. The molecule has 142 valence electrons. The van der Waals surface area contributed by atoms with Crippen molar-refractivity contribution in [3.8, 4) is 0 Å². The van der Waals surface area contributed by atoms with Gasteiger partial charge in [-0.05, 0) is 34.1 Å². The highest BCUT2D eigenvalue weighted by atomic mass is 127. The number of aryl methyl sites for hydroxylation is 1. The Labute approximate surface area is 166 Å². The maximum atomic E-state index is 12.2. The number of ether oxygens (including phenoxy) is 1. The van der Waals surface area contributed by atoms with Crippen LogP contribution in [0.2, 0.25) is 0 Å². The fourth-order valence-corrected chi connectivity index (χ4v) is 2.63. The molecule has 2 rings (SSSR count). The lowest BCUT2D eigenvalue weighted by Gasteiger charge is -2.23. The largest absolute Gasteiger partial charge is 0.460 e. The highest BCUT2D eigenvalue weighted by Gasteiger charge is 2.33. The summed E-state index contributed by atoms with van der Waals surface area (Å²) >= 11 is 0. The minimum absolute atomic E-state index is 0. The van der Waals surface area contributed by atoms with Gasteiger partial charge in [-0.15, -0.1) is 34.2 Å². The summed E-state index contributed by atoms with van der Waals surface area (Å²) in [5.74, 6) is 2.23. The molecule has 0 saturated carbocycles. The Hall–Kier alpha value is -1.39. The van der Waals surface area contributed by atoms with Crippen molar-refractivity contribution in [2.45, 2.75) is 46.3 Å². The standard InChI is InChI=1S/C16H28N6O2.HI/c1-11-19-20-13(21(11)6)9-18-15(17-5)22-8-7-12(10-22)14(23)24-16(2,3)4;/h12H,7-10H2,1-6H3,(H,17,18);1H. The normalized spacial score (nSPS) is 18.1. The molecule has 1 N–H and O–H groups in total. The zero-order valence-electron chi connectivity index (χ0n) is 15.9. The van der Waals surface area contributed by atoms with Crippen LogP contribution in [0.3, 0.4) is 0 Å². The van der Waals surface area contributed by atoms with E-state index in [1.165, 1.54) is 0 Å². The molecule has 1 fully saturated rings. The SMILES string of the molecule is CN=C(NCc1nnc(C)n1C)N1CCC(C(=O)OC(C)(C)C)C1.I. The Kier molecular flexibility index (Phi) is 7.63. The number of hydrogen-bond donors (Lipinski definition) is 1. The molecule has 25 heavy (non-hydrogen) atoms. The lowest BCUT2D eigenvalue weighted by Crippen LogP contribution is -2.40. The number of nitrogens with zero attached hydrogens (tertiary/aromatic N) is 5. The molecule has 0 aliphatic carbocycles. The van der Waals surface area contributed by atoms with Crippen molar-refractivity contribution in [3.05, 3.63) is 11.6 Å². The van der Waals surface area contributed by atoms with Gasteiger partial charge in [0.2, 0.25) is 0 Å². The van der Waals surface area contributed by atoms with Crippen LogP contribution in [0.15, 0.2) is 4.99 Å². The summed E-state index contributed by atoms with van der Waals surface area (Å²) in [5, 5.41) is 11.5. The monoisotopic (exact) mass is 464 g/mol. The van der Waals surface area contributed by atoms with Crippen molar-refractivity contribution in [3.63, 3.8) is 0 Å². The van der Waals surface area contributed by atoms with Crippen LogP contribution in [0.5, 0.6) is 0 Å². The van der Waals surface area contributed by atoms with Gasteiger partial charge in [0.05, 0.1) is 12.5 Å². The molecule has 0 radical (unpaired) electrons. The summed E-state index contributed by atoms with van der Waals surface area (Å²) in [5.41, 5.74) is -0.451. The molecule has 1 saturated heterocycles. The third-order valence-electron chi connectivity index (χ3n) is 4.03. The third-order valence-corrected chi connectivity index (χ3v) is 4.03. The Balaban J connectivity index is 0.00000312. The van der Waals surface area contributed by atoms with Crippen LogP contribution in [0, 0.1) is 12.8 Å². The van der Waals surface area contributed by atoms with Gasteiger partial charge in [-0.25, -0.2) is 0 Å². The lowest BCUT2D eigenvalue weighted by molar-refractivity contribution is -0.159. The minimum atomic E-state index is -0.451. The smallest absolute Gasteiger partial charge is 0.311 e. The molecule has 8 nitrogen and oxygen atoms in total. The summed E-state index contributed by atoms with van der Waals surface area (Å²) in [7, 11) is 3.68. The molecule has 2 heterocycles. The summed E-state index contributed by atoms with van der Waals surface area (Å²) in [4.78, 5) is 18.6. The van der Waals surface area contributed by atoms with Crippen molar-refractivity contribution in [1.82, 2.24) is 25.0 Å². The van der Waals surface area contributed by atoms with Crippen LogP contribution in [-0.2, 0) is 23.1 Å². The number of carbonyl (C=O) groups excluding carboxylic acids is 1. The highest BCUT2D eigenvalue weighted by molar-refractivity contribution is 14.0. The second-order valence-electron chi connectivity index (χ2n) is 7.09. The van der Waals surface area contributed by atoms with E-state index in [1.54, 1.807) is 7.05 Å². The molecular formula is C16H29IN6O2. The van der Waals surface area contributed by atoms with Gasteiger partial charge in [-0.1, -0.05) is 0 Å². The second kappa shape index (κ2) is 8.81. The van der Waals surface area contributed by atoms with E-state index in [0.717, 1.165) is 30.6 Å². The molecule has 1 aliphatic heterocycles. The quantitative estimate of drug-likeness (QED) is 0.316. The van der Waals surface area contributed by atoms with E-state index in [-0.39, 0.29) is 35.9 Å². The number of likely N-dealkylation sites (tertiary alicyclic amines) is 1. The van der Waals surface area contributed by atoms with Crippen molar-refractivity contribution in [2.75, 3.05) is 20.1 Å². The van der Waals surface area contributed by atoms with Gasteiger partial charge in [0.15, 0.2) is 11.8 Å². The Bertz CT molecular complexity index is 623. The average molecular weight is 464 g/mol. The van der Waals surface area contributed by atoms with Crippen molar-refractivity contribution < 1.29 is 9.53 Å². The van der Waals surface area contributed by atoms with Crippen LogP contribution >= 0.6 is 24.0 Å². The third kappa shape index (κ3) is 5.82. The lowest BCUT2D eigenvalue weighted by atomic mass is 10.1. The van der Waals surface area contributed by atoms with Crippen LogP contribution in [0.1, 0.15) is 38.8 Å². The topological polar surface area (TPSA) is 84.6 Å². The number of aromatic nitrogens is 3. The number of nitrogens with one attached hydrogen (secondary N) is 1. The Morgan fingerprint density at radius 3 is 2.60 bits per heavy atom. The number of rotatable bonds is 3. The van der Waals surface area contributed by atoms with E-state index in [2.05, 4.69) is 25.4 Å². The van der Waals surface area contributed by atoms with Gasteiger partial charge >= 0.3 is 5.97 Å². The first-order valence-electron chi connectivity index (χ1n) is 8.24. The molecule has 1 aromatic rings. The molecule has 1 atom stereocenters. The molecular weight excluding hydrogens is 435 g/mol. The van der Waals surface area contributed by atoms with E-state index >= 15 is 0 Å². The summed E-state index contributed by atoms with van der Waals surface area (Å²) in [6.45, 7) is 9.52. The number of carbonyl (C=O) groups is 1. The minimum Gasteiger partial charge on any atom is -0.460 e. The maximum Gasteiger partial charge on any atom is 0.311 e. The van der Waals surface area contributed by atoms with Gasteiger partial charge in [-0.3, -0.25) is 9.79 Å². The number of hydrogen-bond acceptors (Lipinski definition) is 5. The van der Waals surface area contributed by atoms with E-state index in [0.29, 0.717) is 13.1 Å². The molecule has 0 amide bonds. The van der Waals surface area contributed by atoms with Crippen molar-refractivity contribution in [1.29, 1.82) is 0 Å². The highest BCUT2D eigenvalue weighted by Crippen LogP contribution is 2.20. The van der Waals surface area contributed by atoms with E-state index in [4.69, 9.17) is 4.74 Å². The fraction of sp³-hybridized carbons (Fsp3) is 0.750.